The van der Waals surface area contributed by atoms with E-state index in [2.05, 4.69) is 10.6 Å². The quantitative estimate of drug-likeness (QED) is 0.776. The summed E-state index contributed by atoms with van der Waals surface area (Å²) in [6.45, 7) is 10.4. The van der Waals surface area contributed by atoms with E-state index in [9.17, 15) is 9.90 Å². The lowest BCUT2D eigenvalue weighted by Crippen LogP contribution is -2.41. The Kier molecular flexibility index (Phi) is 5.57. The number of aromatic hydroxyl groups is 1. The molecule has 1 amide bonds. The Balaban J connectivity index is 2.46. The van der Waals surface area contributed by atoms with E-state index in [1.54, 1.807) is 6.07 Å². The van der Waals surface area contributed by atoms with Gasteiger partial charge in [0.15, 0.2) is 0 Å². The fourth-order valence-electron chi connectivity index (χ4n) is 2.01. The lowest BCUT2D eigenvalue weighted by Gasteiger charge is -2.21. The van der Waals surface area contributed by atoms with E-state index in [1.165, 1.54) is 0 Å². The van der Waals surface area contributed by atoms with E-state index in [0.717, 1.165) is 11.1 Å². The molecule has 1 aromatic rings. The number of nitrogens with one attached hydrogen (secondary N) is 2. The van der Waals surface area contributed by atoms with E-state index >= 15 is 0 Å². The molecular formula is C16H26N2O2. The van der Waals surface area contributed by atoms with Crippen LogP contribution in [0.15, 0.2) is 18.2 Å². The smallest absolute Gasteiger partial charge is 0.221 e. The second-order valence-corrected chi connectivity index (χ2v) is 6.29. The molecule has 1 atom stereocenters. The molecule has 4 nitrogen and oxygen atoms in total. The summed E-state index contributed by atoms with van der Waals surface area (Å²) >= 11 is 0. The van der Waals surface area contributed by atoms with Gasteiger partial charge in [-0.05, 0) is 40.7 Å². The normalized spacial score (nSPS) is 13.1. The number of carbonyl (C=O) groups is 1. The van der Waals surface area contributed by atoms with Gasteiger partial charge in [-0.15, -0.1) is 0 Å². The van der Waals surface area contributed by atoms with Gasteiger partial charge >= 0.3 is 0 Å². The Hall–Kier alpha value is -1.55. The van der Waals surface area contributed by atoms with Crippen molar-refractivity contribution >= 4 is 5.91 Å². The molecule has 0 aliphatic heterocycles. The molecule has 0 bridgehead atoms. The Morgan fingerprint density at radius 3 is 2.60 bits per heavy atom. The molecule has 0 spiro atoms. The van der Waals surface area contributed by atoms with Crippen LogP contribution >= 0.6 is 0 Å². The minimum absolute atomic E-state index is 0.0114. The van der Waals surface area contributed by atoms with Crippen molar-refractivity contribution in [3.63, 3.8) is 0 Å². The van der Waals surface area contributed by atoms with Crippen molar-refractivity contribution in [3.05, 3.63) is 29.3 Å². The summed E-state index contributed by atoms with van der Waals surface area (Å²) in [6, 6.07) is 5.55. The number of amides is 1. The van der Waals surface area contributed by atoms with Gasteiger partial charge in [-0.2, -0.15) is 0 Å². The van der Waals surface area contributed by atoms with Crippen LogP contribution in [0.25, 0.3) is 0 Å². The zero-order chi connectivity index (χ0) is 15.3. The van der Waals surface area contributed by atoms with Gasteiger partial charge in [-0.1, -0.05) is 17.7 Å². The molecule has 0 fully saturated rings. The maximum Gasteiger partial charge on any atom is 0.221 e. The Bertz CT molecular complexity index is 464. The number of aryl methyl sites for hydroxylation is 1. The minimum atomic E-state index is -0.197. The summed E-state index contributed by atoms with van der Waals surface area (Å²) in [6.07, 6.45) is 0.425. The molecule has 0 aromatic heterocycles. The molecule has 0 aliphatic carbocycles. The van der Waals surface area contributed by atoms with Crippen molar-refractivity contribution in [1.29, 1.82) is 0 Å². The first-order valence-corrected chi connectivity index (χ1v) is 7.03. The van der Waals surface area contributed by atoms with Gasteiger partial charge in [-0.3, -0.25) is 4.79 Å². The first-order valence-electron chi connectivity index (χ1n) is 7.03. The second-order valence-electron chi connectivity index (χ2n) is 6.29. The third-order valence-corrected chi connectivity index (χ3v) is 2.97. The topological polar surface area (TPSA) is 61.4 Å². The number of hydrogen-bond donors (Lipinski definition) is 3. The van der Waals surface area contributed by atoms with Gasteiger partial charge in [-0.25, -0.2) is 0 Å². The maximum atomic E-state index is 11.7. The van der Waals surface area contributed by atoms with Gasteiger partial charge in [0.25, 0.3) is 0 Å². The van der Waals surface area contributed by atoms with Gasteiger partial charge in [0.2, 0.25) is 5.91 Å². The summed E-state index contributed by atoms with van der Waals surface area (Å²) in [5, 5.41) is 16.0. The summed E-state index contributed by atoms with van der Waals surface area (Å²) < 4.78 is 0. The fraction of sp³-hybridized carbons (Fsp3) is 0.562. The highest BCUT2D eigenvalue weighted by molar-refractivity contribution is 5.76. The molecular weight excluding hydrogens is 252 g/mol. The molecule has 112 valence electrons. The molecule has 1 rings (SSSR count). The van der Waals surface area contributed by atoms with Crippen LogP contribution in [0.3, 0.4) is 0 Å². The highest BCUT2D eigenvalue weighted by atomic mass is 16.3. The van der Waals surface area contributed by atoms with Gasteiger partial charge in [0.1, 0.15) is 5.75 Å². The van der Waals surface area contributed by atoms with Crippen LogP contribution in [-0.2, 0) is 4.79 Å². The summed E-state index contributed by atoms with van der Waals surface area (Å²) in [5.74, 6) is 0.320. The molecule has 1 aromatic carbocycles. The van der Waals surface area contributed by atoms with Gasteiger partial charge in [0, 0.05) is 30.1 Å². The van der Waals surface area contributed by atoms with Crippen molar-refractivity contribution in [1.82, 2.24) is 10.6 Å². The van der Waals surface area contributed by atoms with Gasteiger partial charge in [0.05, 0.1) is 0 Å². The summed E-state index contributed by atoms with van der Waals surface area (Å²) in [7, 11) is 0. The van der Waals surface area contributed by atoms with Crippen LogP contribution in [0.4, 0.5) is 0 Å². The van der Waals surface area contributed by atoms with Crippen molar-refractivity contribution in [3.8, 4) is 5.75 Å². The van der Waals surface area contributed by atoms with Crippen molar-refractivity contribution in [2.24, 2.45) is 0 Å². The largest absolute Gasteiger partial charge is 0.508 e. The van der Waals surface area contributed by atoms with Crippen LogP contribution in [0.5, 0.6) is 5.75 Å². The third kappa shape index (κ3) is 5.61. The predicted molar refractivity (Wildman–Crippen MR) is 81.8 cm³/mol. The van der Waals surface area contributed by atoms with Crippen LogP contribution in [-0.4, -0.2) is 23.1 Å². The van der Waals surface area contributed by atoms with Crippen molar-refractivity contribution in [2.45, 2.75) is 52.6 Å². The number of carbonyl (C=O) groups excluding carboxylic acids is 1. The number of phenols is 1. The molecule has 0 radical (unpaired) electrons. The van der Waals surface area contributed by atoms with Crippen LogP contribution in [0.2, 0.25) is 0 Å². The van der Waals surface area contributed by atoms with Crippen LogP contribution < -0.4 is 10.6 Å². The summed E-state index contributed by atoms with van der Waals surface area (Å²) in [5.41, 5.74) is 1.77. The lowest BCUT2D eigenvalue weighted by atomic mass is 10.0. The van der Waals surface area contributed by atoms with E-state index < -0.39 is 0 Å². The SMILES string of the molecule is Cc1ccc(O)c(C(C)NCCC(=O)NC(C)(C)C)c1. The zero-order valence-corrected chi connectivity index (χ0v) is 13.1. The Morgan fingerprint density at radius 2 is 2.00 bits per heavy atom. The first kappa shape index (κ1) is 16.5. The fourth-order valence-corrected chi connectivity index (χ4v) is 2.01. The molecule has 1 unspecified atom stereocenters. The average Bonchev–Trinajstić information content (AvgIpc) is 2.29. The van der Waals surface area contributed by atoms with E-state index in [4.69, 9.17) is 0 Å². The van der Waals surface area contributed by atoms with Crippen molar-refractivity contribution < 1.29 is 9.90 Å². The molecule has 3 N–H and O–H groups in total. The standard InChI is InChI=1S/C16H26N2O2/c1-11-6-7-14(19)13(10-11)12(2)17-9-8-15(20)18-16(3,4)5/h6-7,10,12,17,19H,8-9H2,1-5H3,(H,18,20). The minimum Gasteiger partial charge on any atom is -0.508 e. The van der Waals surface area contributed by atoms with Crippen LogP contribution in [0, 0.1) is 6.92 Å². The maximum absolute atomic E-state index is 11.7. The highest BCUT2D eigenvalue weighted by Gasteiger charge is 2.14. The monoisotopic (exact) mass is 278 g/mol. The average molecular weight is 278 g/mol. The molecule has 0 saturated carbocycles. The second kappa shape index (κ2) is 6.75. The first-order chi connectivity index (χ1) is 9.19. The van der Waals surface area contributed by atoms with Gasteiger partial charge < -0.3 is 15.7 Å². The molecule has 0 heterocycles. The molecule has 20 heavy (non-hydrogen) atoms. The van der Waals surface area contributed by atoms with E-state index in [-0.39, 0.29) is 23.2 Å². The third-order valence-electron chi connectivity index (χ3n) is 2.97. The lowest BCUT2D eigenvalue weighted by molar-refractivity contribution is -0.122. The molecule has 0 aliphatic rings. The number of benzene rings is 1. The molecule has 0 saturated heterocycles. The van der Waals surface area contributed by atoms with E-state index in [1.807, 2.05) is 46.8 Å². The Morgan fingerprint density at radius 1 is 1.35 bits per heavy atom. The Labute approximate surface area is 121 Å². The highest BCUT2D eigenvalue weighted by Crippen LogP contribution is 2.24. The number of rotatable bonds is 5. The predicted octanol–water partition coefficient (Wildman–Crippen LogP) is 2.66. The zero-order valence-electron chi connectivity index (χ0n) is 13.1. The number of hydrogen-bond acceptors (Lipinski definition) is 3. The number of phenolic OH excluding ortho intramolecular Hbond substituents is 1. The van der Waals surface area contributed by atoms with E-state index in [0.29, 0.717) is 13.0 Å². The van der Waals surface area contributed by atoms with Crippen molar-refractivity contribution in [2.75, 3.05) is 6.54 Å². The molecule has 4 heteroatoms. The summed E-state index contributed by atoms with van der Waals surface area (Å²) in [4.78, 5) is 11.7. The van der Waals surface area contributed by atoms with Crippen LogP contribution in [0.1, 0.15) is 51.3 Å².